The minimum absolute atomic E-state index is 0.170. The number of hydrogen-bond acceptors (Lipinski definition) is 5. The number of carbonyl (C=O) groups excluding carboxylic acids is 2. The lowest BCUT2D eigenvalue weighted by atomic mass is 10.1. The third kappa shape index (κ3) is 4.25. The molecular formula is C20H20N2O5. The van der Waals surface area contributed by atoms with E-state index >= 15 is 0 Å². The molecule has 0 unspecified atom stereocenters. The Kier molecular flexibility index (Phi) is 5.40. The van der Waals surface area contributed by atoms with E-state index in [0.29, 0.717) is 12.2 Å². The number of nitrogens with zero attached hydrogens (tertiary/aromatic N) is 1. The number of amides is 2. The van der Waals surface area contributed by atoms with Crippen molar-refractivity contribution >= 4 is 17.7 Å². The van der Waals surface area contributed by atoms with Gasteiger partial charge in [-0.15, -0.1) is 0 Å². The Morgan fingerprint density at radius 2 is 1.96 bits per heavy atom. The molecule has 1 aliphatic rings. The van der Waals surface area contributed by atoms with E-state index in [1.165, 1.54) is 25.0 Å². The molecular weight excluding hydrogens is 348 g/mol. The third-order valence-corrected chi connectivity index (χ3v) is 4.24. The standard InChI is InChI=1S/C20H20N2O5/c1-13(23)21-11-17-12-22(20(25)27-17)16-5-3-4-15(10-16)14-6-8-18(24)19(26-2)9-7-14/h3-10,17H,11-12H2,1-2H3,(H,21,23)/t17-/m0/s1. The van der Waals surface area contributed by atoms with Crippen molar-refractivity contribution in [1.29, 1.82) is 0 Å². The molecule has 0 aliphatic carbocycles. The van der Waals surface area contributed by atoms with Gasteiger partial charge in [0.2, 0.25) is 11.3 Å². The molecule has 1 heterocycles. The number of cyclic esters (lactones) is 1. The van der Waals surface area contributed by atoms with Crippen LogP contribution in [0.5, 0.6) is 5.75 Å². The average Bonchev–Trinajstić information content (AvgIpc) is 2.92. The third-order valence-electron chi connectivity index (χ3n) is 4.24. The van der Waals surface area contributed by atoms with Crippen molar-refractivity contribution in [2.24, 2.45) is 0 Å². The first-order chi connectivity index (χ1) is 13.0. The van der Waals surface area contributed by atoms with Crippen LogP contribution in [0, 0.1) is 0 Å². The van der Waals surface area contributed by atoms with Crippen LogP contribution in [-0.2, 0) is 9.53 Å². The van der Waals surface area contributed by atoms with Crippen molar-refractivity contribution in [3.63, 3.8) is 0 Å². The molecule has 7 nitrogen and oxygen atoms in total. The van der Waals surface area contributed by atoms with Gasteiger partial charge in [0, 0.05) is 12.6 Å². The Balaban J connectivity index is 1.84. The summed E-state index contributed by atoms with van der Waals surface area (Å²) in [7, 11) is 1.45. The molecule has 3 rings (SSSR count). The number of rotatable bonds is 5. The maximum atomic E-state index is 12.2. The van der Waals surface area contributed by atoms with Crippen LogP contribution in [-0.4, -0.2) is 38.3 Å². The zero-order valence-corrected chi connectivity index (χ0v) is 15.1. The van der Waals surface area contributed by atoms with Gasteiger partial charge >= 0.3 is 6.09 Å². The van der Waals surface area contributed by atoms with Crippen molar-refractivity contribution in [1.82, 2.24) is 5.32 Å². The molecule has 2 amide bonds. The Bertz CT molecular complexity index is 928. The molecule has 0 saturated carbocycles. The van der Waals surface area contributed by atoms with E-state index in [1.54, 1.807) is 18.2 Å². The fourth-order valence-corrected chi connectivity index (χ4v) is 2.86. The van der Waals surface area contributed by atoms with Crippen LogP contribution in [0.4, 0.5) is 10.5 Å². The molecule has 0 aromatic heterocycles. The summed E-state index contributed by atoms with van der Waals surface area (Å²) in [5, 5.41) is 2.65. The smallest absolute Gasteiger partial charge is 0.414 e. The van der Waals surface area contributed by atoms with Gasteiger partial charge in [0.1, 0.15) is 6.10 Å². The monoisotopic (exact) mass is 368 g/mol. The van der Waals surface area contributed by atoms with Gasteiger partial charge in [-0.2, -0.15) is 0 Å². The highest BCUT2D eigenvalue weighted by molar-refractivity contribution is 5.90. The molecule has 27 heavy (non-hydrogen) atoms. The summed E-state index contributed by atoms with van der Waals surface area (Å²) in [6.45, 7) is 2.04. The van der Waals surface area contributed by atoms with Crippen LogP contribution in [0.2, 0.25) is 0 Å². The van der Waals surface area contributed by atoms with Gasteiger partial charge in [0.15, 0.2) is 5.75 Å². The molecule has 1 saturated heterocycles. The zero-order valence-electron chi connectivity index (χ0n) is 15.1. The number of anilines is 1. The highest BCUT2D eigenvalue weighted by Gasteiger charge is 2.32. The number of methoxy groups -OCH3 is 1. The van der Waals surface area contributed by atoms with E-state index in [2.05, 4.69) is 5.32 Å². The molecule has 1 atom stereocenters. The minimum Gasteiger partial charge on any atom is -0.493 e. The van der Waals surface area contributed by atoms with E-state index in [4.69, 9.17) is 9.47 Å². The SMILES string of the molecule is COc1ccc(-c2cccc(N3C[C@H](CNC(C)=O)OC3=O)c2)ccc1=O. The first-order valence-electron chi connectivity index (χ1n) is 8.49. The van der Waals surface area contributed by atoms with Crippen LogP contribution in [0.1, 0.15) is 6.92 Å². The fraction of sp³-hybridized carbons (Fsp3) is 0.250. The predicted octanol–water partition coefficient (Wildman–Crippen LogP) is 2.18. The molecule has 1 aliphatic heterocycles. The topological polar surface area (TPSA) is 84.9 Å². The van der Waals surface area contributed by atoms with Crippen molar-refractivity contribution in [2.45, 2.75) is 13.0 Å². The maximum Gasteiger partial charge on any atom is 0.414 e. The van der Waals surface area contributed by atoms with E-state index in [1.807, 2.05) is 24.3 Å². The lowest BCUT2D eigenvalue weighted by Gasteiger charge is -2.14. The molecule has 140 valence electrons. The lowest BCUT2D eigenvalue weighted by Crippen LogP contribution is -2.33. The predicted molar refractivity (Wildman–Crippen MR) is 101 cm³/mol. The van der Waals surface area contributed by atoms with Gasteiger partial charge in [0.25, 0.3) is 0 Å². The number of benzene rings is 1. The molecule has 7 heteroatoms. The van der Waals surface area contributed by atoms with Gasteiger partial charge in [-0.05, 0) is 35.4 Å². The normalized spacial score (nSPS) is 16.0. The Morgan fingerprint density at radius 1 is 1.19 bits per heavy atom. The first kappa shape index (κ1) is 18.4. The van der Waals surface area contributed by atoms with E-state index in [0.717, 1.165) is 11.1 Å². The van der Waals surface area contributed by atoms with Gasteiger partial charge in [-0.3, -0.25) is 14.5 Å². The number of nitrogens with one attached hydrogen (secondary N) is 1. The molecule has 1 fully saturated rings. The zero-order chi connectivity index (χ0) is 19.4. The summed E-state index contributed by atoms with van der Waals surface area (Å²) in [6.07, 6.45) is -0.850. The summed E-state index contributed by atoms with van der Waals surface area (Å²) >= 11 is 0. The second-order valence-corrected chi connectivity index (χ2v) is 6.16. The number of ether oxygens (including phenoxy) is 2. The van der Waals surface area contributed by atoms with Crippen molar-refractivity contribution < 1.29 is 19.1 Å². The van der Waals surface area contributed by atoms with Gasteiger partial charge in [-0.25, -0.2) is 4.79 Å². The molecule has 1 N–H and O–H groups in total. The van der Waals surface area contributed by atoms with Crippen molar-refractivity contribution in [3.05, 3.63) is 58.8 Å². The first-order valence-corrected chi connectivity index (χ1v) is 8.49. The highest BCUT2D eigenvalue weighted by Crippen LogP contribution is 2.27. The van der Waals surface area contributed by atoms with Crippen LogP contribution in [0.15, 0.2) is 53.3 Å². The number of carbonyl (C=O) groups is 2. The van der Waals surface area contributed by atoms with Crippen LogP contribution >= 0.6 is 0 Å². The largest absolute Gasteiger partial charge is 0.493 e. The molecule has 0 radical (unpaired) electrons. The van der Waals surface area contributed by atoms with Crippen LogP contribution in [0.3, 0.4) is 0 Å². The Labute approximate surface area is 156 Å². The Morgan fingerprint density at radius 3 is 2.70 bits per heavy atom. The van der Waals surface area contributed by atoms with Crippen molar-refractivity contribution in [2.75, 3.05) is 25.1 Å². The summed E-state index contributed by atoms with van der Waals surface area (Å²) in [5.74, 6) is 0.0953. The van der Waals surface area contributed by atoms with Gasteiger partial charge < -0.3 is 14.8 Å². The fourth-order valence-electron chi connectivity index (χ4n) is 2.86. The second-order valence-electron chi connectivity index (χ2n) is 6.16. The molecule has 0 spiro atoms. The van der Waals surface area contributed by atoms with Gasteiger partial charge in [0.05, 0.1) is 20.2 Å². The molecule has 0 bridgehead atoms. The number of hydrogen-bond donors (Lipinski definition) is 1. The summed E-state index contributed by atoms with van der Waals surface area (Å²) < 4.78 is 10.4. The van der Waals surface area contributed by atoms with Crippen LogP contribution in [0.25, 0.3) is 11.1 Å². The average molecular weight is 368 g/mol. The van der Waals surface area contributed by atoms with E-state index in [-0.39, 0.29) is 23.6 Å². The lowest BCUT2D eigenvalue weighted by molar-refractivity contribution is -0.119. The molecule has 2 aromatic carbocycles. The summed E-state index contributed by atoms with van der Waals surface area (Å²) in [6, 6.07) is 14.0. The highest BCUT2D eigenvalue weighted by atomic mass is 16.6. The maximum absolute atomic E-state index is 12.2. The van der Waals surface area contributed by atoms with Crippen molar-refractivity contribution in [3.8, 4) is 16.9 Å². The van der Waals surface area contributed by atoms with E-state index in [9.17, 15) is 14.4 Å². The van der Waals surface area contributed by atoms with Gasteiger partial charge in [-0.1, -0.05) is 24.3 Å². The second kappa shape index (κ2) is 7.90. The minimum atomic E-state index is -0.454. The molecule has 2 aromatic rings. The van der Waals surface area contributed by atoms with Crippen LogP contribution < -0.4 is 20.4 Å². The quantitative estimate of drug-likeness (QED) is 0.874. The Hall–Kier alpha value is -3.35. The summed E-state index contributed by atoms with van der Waals surface area (Å²) in [5.41, 5.74) is 2.15. The summed E-state index contributed by atoms with van der Waals surface area (Å²) in [4.78, 5) is 36.6. The van der Waals surface area contributed by atoms with E-state index < -0.39 is 12.2 Å².